The highest BCUT2D eigenvalue weighted by Crippen LogP contribution is 2.25. The fourth-order valence-corrected chi connectivity index (χ4v) is 1.24. The summed E-state index contributed by atoms with van der Waals surface area (Å²) in [4.78, 5) is 1.69. The Morgan fingerprint density at radius 1 is 1.29 bits per heavy atom. The third-order valence-electron chi connectivity index (χ3n) is 2.13. The number of aliphatic hydroxyl groups is 1. The topological polar surface area (TPSA) is 23.5 Å². The van der Waals surface area contributed by atoms with Crippen LogP contribution in [0.25, 0.3) is 0 Å². The number of benzene rings is 1. The highest BCUT2D eigenvalue weighted by atomic mass is 19.1. The van der Waals surface area contributed by atoms with Crippen LogP contribution in [0.15, 0.2) is 18.2 Å². The molecule has 1 rings (SSSR count). The van der Waals surface area contributed by atoms with Crippen molar-refractivity contribution < 1.29 is 9.50 Å². The minimum atomic E-state index is -0.932. The summed E-state index contributed by atoms with van der Waals surface area (Å²) in [6.45, 7) is 3.36. The van der Waals surface area contributed by atoms with Crippen LogP contribution >= 0.6 is 0 Å². The fourth-order valence-electron chi connectivity index (χ4n) is 1.24. The van der Waals surface area contributed by atoms with Crippen molar-refractivity contribution in [3.63, 3.8) is 0 Å². The van der Waals surface area contributed by atoms with Crippen molar-refractivity contribution in [1.29, 1.82) is 0 Å². The molecule has 0 saturated carbocycles. The van der Waals surface area contributed by atoms with Crippen LogP contribution < -0.4 is 4.90 Å². The Balaban J connectivity index is 3.20. The maximum Gasteiger partial charge on any atom is 0.146 e. The molecule has 1 aromatic carbocycles. The molecule has 14 heavy (non-hydrogen) atoms. The lowest BCUT2D eigenvalue weighted by atomic mass is 9.98. The molecule has 0 atom stereocenters. The van der Waals surface area contributed by atoms with Crippen molar-refractivity contribution in [2.24, 2.45) is 0 Å². The smallest absolute Gasteiger partial charge is 0.146 e. The maximum atomic E-state index is 13.3. The molecule has 0 bridgehead atoms. The van der Waals surface area contributed by atoms with Gasteiger partial charge < -0.3 is 10.0 Å². The van der Waals surface area contributed by atoms with Crippen molar-refractivity contribution in [3.05, 3.63) is 29.6 Å². The summed E-state index contributed by atoms with van der Waals surface area (Å²) in [5.41, 5.74) is 0.269. The molecule has 1 N–H and O–H groups in total. The molecule has 0 aromatic heterocycles. The van der Waals surface area contributed by atoms with Gasteiger partial charge in [0.25, 0.3) is 0 Å². The predicted octanol–water partition coefficient (Wildman–Crippen LogP) is 2.12. The van der Waals surface area contributed by atoms with Gasteiger partial charge in [-0.15, -0.1) is 0 Å². The molecule has 78 valence electrons. The van der Waals surface area contributed by atoms with E-state index < -0.39 is 5.60 Å². The summed E-state index contributed by atoms with van der Waals surface area (Å²) in [5.74, 6) is -0.275. The van der Waals surface area contributed by atoms with E-state index in [0.29, 0.717) is 11.3 Å². The minimum Gasteiger partial charge on any atom is -0.386 e. The molecule has 0 aliphatic heterocycles. The molecular weight excluding hydrogens is 181 g/mol. The van der Waals surface area contributed by atoms with Gasteiger partial charge in [-0.1, -0.05) is 6.07 Å². The van der Waals surface area contributed by atoms with E-state index in [1.54, 1.807) is 45.0 Å². The molecule has 3 heteroatoms. The van der Waals surface area contributed by atoms with E-state index >= 15 is 0 Å². The molecule has 0 amide bonds. The van der Waals surface area contributed by atoms with Crippen LogP contribution in [0.1, 0.15) is 19.4 Å². The number of hydrogen-bond acceptors (Lipinski definition) is 2. The number of halogens is 1. The Bertz CT molecular complexity index is 329. The molecule has 0 heterocycles. The van der Waals surface area contributed by atoms with Crippen LogP contribution in [-0.2, 0) is 5.60 Å². The maximum absolute atomic E-state index is 13.3. The first-order valence-corrected chi connectivity index (χ1v) is 4.52. The molecule has 0 fully saturated rings. The molecule has 2 nitrogen and oxygen atoms in total. The average Bonchev–Trinajstić information content (AvgIpc) is 2.02. The standard InChI is InChI=1S/C11H16FNO/c1-11(2,14)8-5-6-9(12)10(7-8)13(3)4/h5-7,14H,1-4H3. The summed E-state index contributed by atoms with van der Waals surface area (Å²) in [5, 5.41) is 9.75. The Labute approximate surface area is 84.0 Å². The quantitative estimate of drug-likeness (QED) is 0.785. The Hall–Kier alpha value is -1.09. The fraction of sp³-hybridized carbons (Fsp3) is 0.455. The first kappa shape index (κ1) is 11.0. The first-order valence-electron chi connectivity index (χ1n) is 4.52. The van der Waals surface area contributed by atoms with Gasteiger partial charge in [-0.25, -0.2) is 4.39 Å². The van der Waals surface area contributed by atoms with Gasteiger partial charge >= 0.3 is 0 Å². The van der Waals surface area contributed by atoms with E-state index in [0.717, 1.165) is 0 Å². The van der Waals surface area contributed by atoms with Gasteiger partial charge in [-0.05, 0) is 31.5 Å². The number of anilines is 1. The predicted molar refractivity (Wildman–Crippen MR) is 56.0 cm³/mol. The van der Waals surface area contributed by atoms with Gasteiger partial charge in [0.15, 0.2) is 0 Å². The van der Waals surface area contributed by atoms with E-state index in [1.165, 1.54) is 6.07 Å². The first-order chi connectivity index (χ1) is 6.32. The van der Waals surface area contributed by atoms with Crippen LogP contribution in [0.3, 0.4) is 0 Å². The lowest BCUT2D eigenvalue weighted by Crippen LogP contribution is -2.18. The Kier molecular flexibility index (Phi) is 2.81. The van der Waals surface area contributed by atoms with Crippen molar-refractivity contribution in [2.45, 2.75) is 19.4 Å². The molecular formula is C11H16FNO. The lowest BCUT2D eigenvalue weighted by molar-refractivity contribution is 0.0786. The Morgan fingerprint density at radius 2 is 1.86 bits per heavy atom. The van der Waals surface area contributed by atoms with E-state index in [-0.39, 0.29) is 5.82 Å². The minimum absolute atomic E-state index is 0.275. The number of hydrogen-bond donors (Lipinski definition) is 1. The van der Waals surface area contributed by atoms with Crippen LogP contribution in [0, 0.1) is 5.82 Å². The highest BCUT2D eigenvalue weighted by molar-refractivity contribution is 5.49. The number of nitrogens with zero attached hydrogens (tertiary/aromatic N) is 1. The highest BCUT2D eigenvalue weighted by Gasteiger charge is 2.17. The van der Waals surface area contributed by atoms with Gasteiger partial charge in [0.2, 0.25) is 0 Å². The van der Waals surface area contributed by atoms with Crippen LogP contribution in [0.4, 0.5) is 10.1 Å². The van der Waals surface area contributed by atoms with E-state index in [4.69, 9.17) is 0 Å². The zero-order chi connectivity index (χ0) is 10.9. The monoisotopic (exact) mass is 197 g/mol. The molecule has 1 aromatic rings. The molecule has 0 radical (unpaired) electrons. The molecule has 0 aliphatic carbocycles. The number of rotatable bonds is 2. The van der Waals surface area contributed by atoms with Gasteiger partial charge in [-0.3, -0.25) is 0 Å². The molecule has 0 saturated heterocycles. The summed E-state index contributed by atoms with van der Waals surface area (Å²) < 4.78 is 13.3. The van der Waals surface area contributed by atoms with Crippen molar-refractivity contribution in [1.82, 2.24) is 0 Å². The largest absolute Gasteiger partial charge is 0.386 e. The summed E-state index contributed by atoms with van der Waals surface area (Å²) in [6.07, 6.45) is 0. The van der Waals surface area contributed by atoms with E-state index in [1.807, 2.05) is 0 Å². The second-order valence-electron chi connectivity index (χ2n) is 4.12. The molecule has 0 spiro atoms. The second-order valence-corrected chi connectivity index (χ2v) is 4.12. The van der Waals surface area contributed by atoms with Gasteiger partial charge in [0, 0.05) is 14.1 Å². The zero-order valence-electron chi connectivity index (χ0n) is 9.00. The summed E-state index contributed by atoms with van der Waals surface area (Å²) >= 11 is 0. The Morgan fingerprint density at radius 3 is 2.29 bits per heavy atom. The van der Waals surface area contributed by atoms with E-state index in [9.17, 15) is 9.50 Å². The lowest BCUT2D eigenvalue weighted by Gasteiger charge is -2.21. The van der Waals surface area contributed by atoms with Crippen molar-refractivity contribution in [3.8, 4) is 0 Å². The van der Waals surface area contributed by atoms with Crippen molar-refractivity contribution in [2.75, 3.05) is 19.0 Å². The normalized spacial score (nSPS) is 11.6. The summed E-state index contributed by atoms with van der Waals surface area (Å²) in [6, 6.07) is 4.64. The van der Waals surface area contributed by atoms with E-state index in [2.05, 4.69) is 0 Å². The van der Waals surface area contributed by atoms with Gasteiger partial charge in [0.1, 0.15) is 5.82 Å². The average molecular weight is 197 g/mol. The third kappa shape index (κ3) is 2.23. The SMILES string of the molecule is CN(C)c1cc(C(C)(C)O)ccc1F. The van der Waals surface area contributed by atoms with Crippen LogP contribution in [0.2, 0.25) is 0 Å². The van der Waals surface area contributed by atoms with Gasteiger partial charge in [0.05, 0.1) is 11.3 Å². The molecule has 0 unspecified atom stereocenters. The van der Waals surface area contributed by atoms with Crippen LogP contribution in [0.5, 0.6) is 0 Å². The third-order valence-corrected chi connectivity index (χ3v) is 2.13. The van der Waals surface area contributed by atoms with Crippen LogP contribution in [-0.4, -0.2) is 19.2 Å². The van der Waals surface area contributed by atoms with Crippen molar-refractivity contribution >= 4 is 5.69 Å². The molecule has 0 aliphatic rings. The van der Waals surface area contributed by atoms with Gasteiger partial charge in [-0.2, -0.15) is 0 Å². The summed E-state index contributed by atoms with van der Waals surface area (Å²) in [7, 11) is 3.54. The second kappa shape index (κ2) is 3.58. The zero-order valence-corrected chi connectivity index (χ0v) is 9.00.